The molecule has 9 heteroatoms. The molecule has 1 aromatic carbocycles. The molecule has 0 saturated carbocycles. The van der Waals surface area contributed by atoms with Gasteiger partial charge in [-0.2, -0.15) is 10.2 Å². The number of benzene rings is 1. The molecule has 1 aromatic heterocycles. The van der Waals surface area contributed by atoms with Crippen molar-refractivity contribution < 1.29 is 19.0 Å². The molecule has 0 amide bonds. The fraction of sp³-hybridized carbons (Fsp3) is 0.267. The number of anilines is 1. The third-order valence-corrected chi connectivity index (χ3v) is 3.92. The maximum atomic E-state index is 13.6. The van der Waals surface area contributed by atoms with Crippen molar-refractivity contribution in [1.29, 1.82) is 5.26 Å². The van der Waals surface area contributed by atoms with Gasteiger partial charge in [-0.15, -0.1) is 0 Å². The maximum Gasteiger partial charge on any atom is 0.235 e. The van der Waals surface area contributed by atoms with Gasteiger partial charge in [0.25, 0.3) is 0 Å². The van der Waals surface area contributed by atoms with Gasteiger partial charge in [0.1, 0.15) is 6.07 Å². The molecule has 0 unspecified atom stereocenters. The van der Waals surface area contributed by atoms with Crippen LogP contribution in [-0.4, -0.2) is 32.8 Å². The number of halogens is 2. The summed E-state index contributed by atoms with van der Waals surface area (Å²) < 4.78 is 26.8. The van der Waals surface area contributed by atoms with Crippen molar-refractivity contribution in [3.63, 3.8) is 0 Å². The minimum absolute atomic E-state index is 0.0456. The number of aromatic hydroxyl groups is 1. The van der Waals surface area contributed by atoms with Crippen molar-refractivity contribution in [3.8, 4) is 11.9 Å². The SMILES string of the molecule is C[C@H](CO)Nc1nc(SCc2cccc(F)c2F)nc(O)c1C#N. The molecule has 6 nitrogen and oxygen atoms in total. The van der Waals surface area contributed by atoms with Crippen LogP contribution >= 0.6 is 11.8 Å². The Labute approximate surface area is 141 Å². The number of nitrogens with one attached hydrogen (secondary N) is 1. The normalized spacial score (nSPS) is 11.8. The van der Waals surface area contributed by atoms with Gasteiger partial charge >= 0.3 is 0 Å². The van der Waals surface area contributed by atoms with E-state index in [1.807, 2.05) is 0 Å². The zero-order valence-corrected chi connectivity index (χ0v) is 13.4. The number of thioether (sulfide) groups is 1. The van der Waals surface area contributed by atoms with Crippen LogP contribution in [-0.2, 0) is 5.75 Å². The van der Waals surface area contributed by atoms with E-state index < -0.39 is 23.6 Å². The molecular formula is C15H14F2N4O2S. The van der Waals surface area contributed by atoms with Crippen LogP contribution < -0.4 is 5.32 Å². The molecule has 3 N–H and O–H groups in total. The molecular weight excluding hydrogens is 338 g/mol. The van der Waals surface area contributed by atoms with E-state index in [9.17, 15) is 13.9 Å². The molecule has 0 radical (unpaired) electrons. The molecule has 0 aliphatic rings. The van der Waals surface area contributed by atoms with Gasteiger partial charge in [0, 0.05) is 17.4 Å². The number of nitriles is 1. The van der Waals surface area contributed by atoms with Gasteiger partial charge in [-0.3, -0.25) is 0 Å². The van der Waals surface area contributed by atoms with E-state index in [0.717, 1.165) is 17.8 Å². The summed E-state index contributed by atoms with van der Waals surface area (Å²) in [5.74, 6) is -2.31. The van der Waals surface area contributed by atoms with Crippen LogP contribution in [0.4, 0.5) is 14.6 Å². The van der Waals surface area contributed by atoms with Crippen molar-refractivity contribution in [1.82, 2.24) is 9.97 Å². The van der Waals surface area contributed by atoms with Crippen molar-refractivity contribution in [2.75, 3.05) is 11.9 Å². The van der Waals surface area contributed by atoms with Crippen LogP contribution in [0.2, 0.25) is 0 Å². The molecule has 24 heavy (non-hydrogen) atoms. The Morgan fingerprint density at radius 1 is 1.38 bits per heavy atom. The lowest BCUT2D eigenvalue weighted by Gasteiger charge is -2.14. The van der Waals surface area contributed by atoms with Gasteiger partial charge in [-0.05, 0) is 13.0 Å². The minimum Gasteiger partial charge on any atom is -0.492 e. The van der Waals surface area contributed by atoms with E-state index in [2.05, 4.69) is 15.3 Å². The largest absolute Gasteiger partial charge is 0.492 e. The van der Waals surface area contributed by atoms with Gasteiger partial charge in [0.05, 0.1) is 6.61 Å². The maximum absolute atomic E-state index is 13.6. The van der Waals surface area contributed by atoms with Crippen molar-refractivity contribution in [3.05, 3.63) is 41.0 Å². The van der Waals surface area contributed by atoms with Crippen LogP contribution in [0, 0.1) is 23.0 Å². The highest BCUT2D eigenvalue weighted by atomic mass is 32.2. The first-order valence-corrected chi connectivity index (χ1v) is 7.89. The number of aliphatic hydroxyl groups excluding tert-OH is 1. The lowest BCUT2D eigenvalue weighted by atomic mass is 10.2. The molecule has 2 aromatic rings. The van der Waals surface area contributed by atoms with Crippen LogP contribution in [0.25, 0.3) is 0 Å². The second-order valence-electron chi connectivity index (χ2n) is 4.89. The molecule has 2 rings (SSSR count). The highest BCUT2D eigenvalue weighted by Crippen LogP contribution is 2.28. The van der Waals surface area contributed by atoms with Gasteiger partial charge in [0.15, 0.2) is 28.2 Å². The predicted octanol–water partition coefficient (Wildman–Crippen LogP) is 2.42. The number of nitrogens with zero attached hydrogens (tertiary/aromatic N) is 3. The quantitative estimate of drug-likeness (QED) is 0.542. The third-order valence-electron chi connectivity index (χ3n) is 3.03. The van der Waals surface area contributed by atoms with E-state index in [4.69, 9.17) is 10.4 Å². The summed E-state index contributed by atoms with van der Waals surface area (Å²) in [5.41, 5.74) is -0.0257. The molecule has 0 spiro atoms. The Bertz CT molecular complexity index is 783. The van der Waals surface area contributed by atoms with E-state index in [-0.39, 0.29) is 34.5 Å². The molecule has 0 aliphatic carbocycles. The Hall–Kier alpha value is -2.44. The molecule has 1 heterocycles. The van der Waals surface area contributed by atoms with Crippen molar-refractivity contribution in [2.45, 2.75) is 23.9 Å². The number of aromatic nitrogens is 2. The number of hydrogen-bond acceptors (Lipinski definition) is 7. The molecule has 0 saturated heterocycles. The Morgan fingerprint density at radius 3 is 2.79 bits per heavy atom. The average Bonchev–Trinajstić information content (AvgIpc) is 2.56. The van der Waals surface area contributed by atoms with Gasteiger partial charge < -0.3 is 15.5 Å². The fourth-order valence-corrected chi connectivity index (χ4v) is 2.60. The zero-order valence-electron chi connectivity index (χ0n) is 12.6. The summed E-state index contributed by atoms with van der Waals surface area (Å²) in [6.07, 6.45) is 0. The highest BCUT2D eigenvalue weighted by molar-refractivity contribution is 7.98. The van der Waals surface area contributed by atoms with Gasteiger partial charge in [-0.1, -0.05) is 23.9 Å². The smallest absolute Gasteiger partial charge is 0.235 e. The fourth-order valence-electron chi connectivity index (χ4n) is 1.78. The van der Waals surface area contributed by atoms with E-state index in [1.165, 1.54) is 12.1 Å². The Morgan fingerprint density at radius 2 is 2.12 bits per heavy atom. The van der Waals surface area contributed by atoms with E-state index in [1.54, 1.807) is 13.0 Å². The summed E-state index contributed by atoms with van der Waals surface area (Å²) in [6, 6.07) is 5.22. The average molecular weight is 352 g/mol. The molecule has 0 fully saturated rings. The van der Waals surface area contributed by atoms with Crippen LogP contribution in [0.1, 0.15) is 18.1 Å². The Balaban J connectivity index is 2.24. The first kappa shape index (κ1) is 17.9. The number of aliphatic hydroxyl groups is 1. The predicted molar refractivity (Wildman–Crippen MR) is 84.5 cm³/mol. The number of hydrogen-bond donors (Lipinski definition) is 3. The lowest BCUT2D eigenvalue weighted by molar-refractivity contribution is 0.281. The summed E-state index contributed by atoms with van der Waals surface area (Å²) in [4.78, 5) is 7.86. The van der Waals surface area contributed by atoms with E-state index in [0.29, 0.717) is 0 Å². The van der Waals surface area contributed by atoms with Crippen LogP contribution in [0.5, 0.6) is 5.88 Å². The monoisotopic (exact) mass is 352 g/mol. The lowest BCUT2D eigenvalue weighted by Crippen LogP contribution is -2.21. The third kappa shape index (κ3) is 4.10. The van der Waals surface area contributed by atoms with Crippen molar-refractivity contribution in [2.24, 2.45) is 0 Å². The highest BCUT2D eigenvalue weighted by Gasteiger charge is 2.16. The summed E-state index contributed by atoms with van der Waals surface area (Å²) in [5, 5.41) is 30.8. The first-order valence-electron chi connectivity index (χ1n) is 6.90. The van der Waals surface area contributed by atoms with Gasteiger partial charge in [0.2, 0.25) is 5.88 Å². The summed E-state index contributed by atoms with van der Waals surface area (Å²) in [7, 11) is 0. The van der Waals surface area contributed by atoms with Gasteiger partial charge in [-0.25, -0.2) is 13.8 Å². The molecule has 0 aliphatic heterocycles. The summed E-state index contributed by atoms with van der Waals surface area (Å²) >= 11 is 0.978. The Kier molecular flexibility index (Phi) is 5.89. The van der Waals surface area contributed by atoms with Crippen molar-refractivity contribution >= 4 is 17.6 Å². The molecule has 1 atom stereocenters. The number of rotatable bonds is 6. The second kappa shape index (κ2) is 7.90. The second-order valence-corrected chi connectivity index (χ2v) is 5.84. The minimum atomic E-state index is -0.949. The zero-order chi connectivity index (χ0) is 17.7. The van der Waals surface area contributed by atoms with Crippen LogP contribution in [0.3, 0.4) is 0 Å². The standard InChI is InChI=1S/C15H14F2N4O2S/c1-8(6-22)19-13-10(5-18)14(23)21-15(20-13)24-7-9-3-2-4-11(16)12(9)17/h2-4,8,22H,6-7H2,1H3,(H2,19,20,21,23)/t8-/m1/s1. The van der Waals surface area contributed by atoms with E-state index >= 15 is 0 Å². The summed E-state index contributed by atoms with van der Waals surface area (Å²) in [6.45, 7) is 1.46. The molecule has 126 valence electrons. The van der Waals surface area contributed by atoms with Crippen LogP contribution in [0.15, 0.2) is 23.4 Å². The molecule has 0 bridgehead atoms. The topological polar surface area (TPSA) is 102 Å². The first-order chi connectivity index (χ1) is 11.5.